The number of nitrogens with zero attached hydrogens (tertiary/aromatic N) is 1. The van der Waals surface area contributed by atoms with E-state index in [9.17, 15) is 5.11 Å². The molecule has 1 fully saturated rings. The van der Waals surface area contributed by atoms with Crippen LogP contribution in [0.2, 0.25) is 0 Å². The van der Waals surface area contributed by atoms with E-state index in [-0.39, 0.29) is 12.1 Å². The SMILES string of the molecule is CCCNC(C)(CO)CC(C)N(C)C1CCC1. The second-order valence-corrected chi connectivity index (χ2v) is 5.95. The van der Waals surface area contributed by atoms with Gasteiger partial charge in [-0.1, -0.05) is 13.3 Å². The maximum Gasteiger partial charge on any atom is 0.0611 e. The van der Waals surface area contributed by atoms with E-state index in [1.54, 1.807) is 0 Å². The summed E-state index contributed by atoms with van der Waals surface area (Å²) < 4.78 is 0. The van der Waals surface area contributed by atoms with Gasteiger partial charge < -0.3 is 15.3 Å². The fraction of sp³-hybridized carbons (Fsp3) is 1.00. The van der Waals surface area contributed by atoms with Crippen LogP contribution in [-0.2, 0) is 0 Å². The average Bonchev–Trinajstić information content (AvgIpc) is 2.24. The lowest BCUT2D eigenvalue weighted by molar-refractivity contribution is 0.0772. The van der Waals surface area contributed by atoms with Crippen molar-refractivity contribution in [3.05, 3.63) is 0 Å². The molecular weight excluding hydrogens is 212 g/mol. The smallest absolute Gasteiger partial charge is 0.0611 e. The molecule has 3 nitrogen and oxygen atoms in total. The van der Waals surface area contributed by atoms with Gasteiger partial charge in [0.05, 0.1) is 6.61 Å². The molecule has 2 atom stereocenters. The molecule has 1 rings (SSSR count). The molecule has 2 unspecified atom stereocenters. The van der Waals surface area contributed by atoms with Gasteiger partial charge in [-0.25, -0.2) is 0 Å². The minimum atomic E-state index is -0.132. The first kappa shape index (κ1) is 14.9. The van der Waals surface area contributed by atoms with Gasteiger partial charge in [0.25, 0.3) is 0 Å². The predicted octanol–water partition coefficient (Wildman–Crippen LogP) is 2.00. The van der Waals surface area contributed by atoms with Crippen LogP contribution in [0.15, 0.2) is 0 Å². The molecule has 0 radical (unpaired) electrons. The molecule has 17 heavy (non-hydrogen) atoms. The Bertz CT molecular complexity index is 218. The first-order valence-corrected chi connectivity index (χ1v) is 7.10. The molecule has 2 N–H and O–H groups in total. The molecule has 0 bridgehead atoms. The molecule has 0 heterocycles. The van der Waals surface area contributed by atoms with E-state index >= 15 is 0 Å². The maximum atomic E-state index is 9.57. The molecule has 0 aliphatic heterocycles. The zero-order valence-electron chi connectivity index (χ0n) is 12.0. The van der Waals surface area contributed by atoms with Crippen molar-refractivity contribution in [2.45, 2.75) is 70.5 Å². The largest absolute Gasteiger partial charge is 0.394 e. The van der Waals surface area contributed by atoms with Crippen LogP contribution in [0.1, 0.15) is 52.9 Å². The highest BCUT2D eigenvalue weighted by atomic mass is 16.3. The third-order valence-electron chi connectivity index (χ3n) is 4.24. The van der Waals surface area contributed by atoms with E-state index in [1.807, 2.05) is 0 Å². The van der Waals surface area contributed by atoms with Gasteiger partial charge in [0.15, 0.2) is 0 Å². The number of hydrogen-bond acceptors (Lipinski definition) is 3. The highest BCUT2D eigenvalue weighted by Crippen LogP contribution is 2.27. The van der Waals surface area contributed by atoms with Crippen molar-refractivity contribution in [1.29, 1.82) is 0 Å². The van der Waals surface area contributed by atoms with Gasteiger partial charge in [-0.2, -0.15) is 0 Å². The van der Waals surface area contributed by atoms with E-state index < -0.39 is 0 Å². The van der Waals surface area contributed by atoms with Gasteiger partial charge in [-0.15, -0.1) is 0 Å². The quantitative estimate of drug-likeness (QED) is 0.683. The van der Waals surface area contributed by atoms with E-state index in [0.717, 1.165) is 25.4 Å². The molecule has 0 aromatic heterocycles. The fourth-order valence-corrected chi connectivity index (χ4v) is 2.57. The Labute approximate surface area is 107 Å². The fourth-order valence-electron chi connectivity index (χ4n) is 2.57. The third-order valence-corrected chi connectivity index (χ3v) is 4.24. The van der Waals surface area contributed by atoms with Crippen molar-refractivity contribution < 1.29 is 5.11 Å². The Morgan fingerprint density at radius 2 is 2.12 bits per heavy atom. The number of nitrogens with one attached hydrogen (secondary N) is 1. The summed E-state index contributed by atoms with van der Waals surface area (Å²) in [5, 5.41) is 13.1. The lowest BCUT2D eigenvalue weighted by atomic mass is 9.88. The molecule has 1 aliphatic rings. The van der Waals surface area contributed by atoms with Crippen LogP contribution in [0.3, 0.4) is 0 Å². The number of rotatable bonds is 8. The minimum absolute atomic E-state index is 0.132. The van der Waals surface area contributed by atoms with E-state index in [0.29, 0.717) is 6.04 Å². The highest BCUT2D eigenvalue weighted by molar-refractivity contribution is 4.89. The second kappa shape index (κ2) is 6.72. The van der Waals surface area contributed by atoms with Gasteiger partial charge in [-0.05, 0) is 53.1 Å². The van der Waals surface area contributed by atoms with Crippen LogP contribution in [0.25, 0.3) is 0 Å². The zero-order chi connectivity index (χ0) is 12.9. The summed E-state index contributed by atoms with van der Waals surface area (Å²) in [7, 11) is 2.23. The highest BCUT2D eigenvalue weighted by Gasteiger charge is 2.30. The molecule has 102 valence electrons. The van der Waals surface area contributed by atoms with E-state index in [4.69, 9.17) is 0 Å². The van der Waals surface area contributed by atoms with E-state index in [2.05, 4.69) is 38.0 Å². The Hall–Kier alpha value is -0.120. The lowest BCUT2D eigenvalue weighted by Gasteiger charge is -2.42. The monoisotopic (exact) mass is 242 g/mol. The molecule has 1 aliphatic carbocycles. The van der Waals surface area contributed by atoms with Crippen molar-refractivity contribution in [1.82, 2.24) is 10.2 Å². The number of hydrogen-bond donors (Lipinski definition) is 2. The predicted molar refractivity (Wildman–Crippen MR) is 73.3 cm³/mol. The van der Waals surface area contributed by atoms with Crippen LogP contribution in [0.5, 0.6) is 0 Å². The zero-order valence-corrected chi connectivity index (χ0v) is 12.0. The van der Waals surface area contributed by atoms with Crippen LogP contribution in [0.4, 0.5) is 0 Å². The van der Waals surface area contributed by atoms with E-state index in [1.165, 1.54) is 19.3 Å². The lowest BCUT2D eigenvalue weighted by Crippen LogP contribution is -2.52. The van der Waals surface area contributed by atoms with Crippen molar-refractivity contribution >= 4 is 0 Å². The molecule has 0 aromatic carbocycles. The molecular formula is C14H30N2O. The summed E-state index contributed by atoms with van der Waals surface area (Å²) in [6.45, 7) is 7.77. The Balaban J connectivity index is 2.42. The van der Waals surface area contributed by atoms with Crippen molar-refractivity contribution in [3.63, 3.8) is 0 Å². The average molecular weight is 242 g/mol. The summed E-state index contributed by atoms with van der Waals surface area (Å²) in [5.74, 6) is 0. The second-order valence-electron chi connectivity index (χ2n) is 5.95. The standard InChI is InChI=1S/C14H30N2O/c1-5-9-15-14(3,11-17)10-12(2)16(4)13-7-6-8-13/h12-13,15,17H,5-11H2,1-4H3. The Morgan fingerprint density at radius 1 is 1.47 bits per heavy atom. The van der Waals surface area contributed by atoms with Crippen molar-refractivity contribution in [2.24, 2.45) is 0 Å². The van der Waals surface area contributed by atoms with Crippen molar-refractivity contribution in [2.75, 3.05) is 20.2 Å². The summed E-state index contributed by atoms with van der Waals surface area (Å²) in [4.78, 5) is 2.49. The van der Waals surface area contributed by atoms with Crippen LogP contribution >= 0.6 is 0 Å². The summed E-state index contributed by atoms with van der Waals surface area (Å²) in [6, 6.07) is 1.31. The molecule has 0 spiro atoms. The van der Waals surface area contributed by atoms with Gasteiger partial charge in [0, 0.05) is 17.6 Å². The van der Waals surface area contributed by atoms with Crippen LogP contribution in [-0.4, -0.2) is 47.8 Å². The molecule has 0 aromatic rings. The summed E-state index contributed by atoms with van der Waals surface area (Å²) >= 11 is 0. The van der Waals surface area contributed by atoms with Gasteiger partial charge in [0.2, 0.25) is 0 Å². The molecule has 3 heteroatoms. The van der Waals surface area contributed by atoms with Crippen molar-refractivity contribution in [3.8, 4) is 0 Å². The normalized spacial score (nSPS) is 22.2. The molecule has 1 saturated carbocycles. The maximum absolute atomic E-state index is 9.57. The number of aliphatic hydroxyl groups is 1. The first-order valence-electron chi connectivity index (χ1n) is 7.10. The summed E-state index contributed by atoms with van der Waals surface area (Å²) in [6.07, 6.45) is 6.20. The van der Waals surface area contributed by atoms with Gasteiger partial charge in [0.1, 0.15) is 0 Å². The van der Waals surface area contributed by atoms with Crippen LogP contribution < -0.4 is 5.32 Å². The third kappa shape index (κ3) is 4.23. The summed E-state index contributed by atoms with van der Waals surface area (Å²) in [5.41, 5.74) is -0.132. The number of aliphatic hydroxyl groups excluding tert-OH is 1. The topological polar surface area (TPSA) is 35.5 Å². The Kier molecular flexibility index (Phi) is 5.90. The van der Waals surface area contributed by atoms with Gasteiger partial charge >= 0.3 is 0 Å². The van der Waals surface area contributed by atoms with Crippen LogP contribution in [0, 0.1) is 0 Å². The Morgan fingerprint density at radius 3 is 2.53 bits per heavy atom. The minimum Gasteiger partial charge on any atom is -0.394 e. The molecule has 0 amide bonds. The first-order chi connectivity index (χ1) is 8.02. The van der Waals surface area contributed by atoms with Gasteiger partial charge in [-0.3, -0.25) is 0 Å². The molecule has 0 saturated heterocycles.